The molecule has 1 saturated heterocycles. The van der Waals surface area contributed by atoms with Gasteiger partial charge >= 0.3 is 7.82 Å². The van der Waals surface area contributed by atoms with Crippen molar-refractivity contribution in [3.63, 3.8) is 0 Å². The molecular weight excluding hydrogens is 465 g/mol. The van der Waals surface area contributed by atoms with E-state index in [-0.39, 0.29) is 12.7 Å². The van der Waals surface area contributed by atoms with Crippen LogP contribution in [-0.2, 0) is 23.1 Å². The molecule has 0 amide bonds. The van der Waals surface area contributed by atoms with Gasteiger partial charge in [-0.15, -0.1) is 0 Å². The Morgan fingerprint density at radius 3 is 1.94 bits per heavy atom. The maximum absolute atomic E-state index is 12.3. The number of hydrogen-bond acceptors (Lipinski definition) is 5. The second-order valence-electron chi connectivity index (χ2n) is 11.2. The molecule has 0 aromatic heterocycles. The highest BCUT2D eigenvalue weighted by Crippen LogP contribution is 2.46. The van der Waals surface area contributed by atoms with Crippen LogP contribution in [0.15, 0.2) is 0 Å². The quantitative estimate of drug-likeness (QED) is 0.0896. The second kappa shape index (κ2) is 20.0. The minimum absolute atomic E-state index is 0.172. The highest BCUT2D eigenvalue weighted by molar-refractivity contribution is 7.47. The van der Waals surface area contributed by atoms with Gasteiger partial charge in [0.15, 0.2) is 0 Å². The van der Waals surface area contributed by atoms with Crippen LogP contribution in [0.5, 0.6) is 0 Å². The average molecular weight is 523 g/mol. The molecule has 35 heavy (non-hydrogen) atoms. The number of nitrogens with zero attached hydrogens (tertiary/aromatic N) is 1. The Morgan fingerprint density at radius 1 is 0.857 bits per heavy atom. The van der Waals surface area contributed by atoms with Gasteiger partial charge in [0.25, 0.3) is 0 Å². The minimum Gasteiger partial charge on any atom is -0.379 e. The molecule has 0 aromatic rings. The van der Waals surface area contributed by atoms with Crippen molar-refractivity contribution in [2.75, 3.05) is 54.1 Å². The van der Waals surface area contributed by atoms with E-state index >= 15 is 0 Å². The normalized spacial score (nSPS) is 20.7. The summed E-state index contributed by atoms with van der Waals surface area (Å²) in [5, 5.41) is 0. The van der Waals surface area contributed by atoms with Gasteiger partial charge in [-0.3, -0.25) is 9.05 Å². The van der Waals surface area contributed by atoms with Gasteiger partial charge in [0.2, 0.25) is 0 Å². The molecule has 0 aliphatic carbocycles. The van der Waals surface area contributed by atoms with Crippen molar-refractivity contribution in [2.45, 2.75) is 122 Å². The van der Waals surface area contributed by atoms with E-state index in [1.54, 1.807) is 0 Å². The Balaban J connectivity index is 2.03. The minimum atomic E-state index is -4.11. The van der Waals surface area contributed by atoms with Crippen LogP contribution in [0.1, 0.15) is 110 Å². The van der Waals surface area contributed by atoms with Crippen LogP contribution in [0.2, 0.25) is 0 Å². The van der Waals surface area contributed by atoms with E-state index in [1.165, 1.54) is 83.5 Å². The molecule has 1 rings (SSSR count). The number of likely N-dealkylation sites (N-methyl/N-ethyl adjacent to an activating group) is 1. The summed E-state index contributed by atoms with van der Waals surface area (Å²) >= 11 is 0. The van der Waals surface area contributed by atoms with Gasteiger partial charge in [0.1, 0.15) is 19.3 Å². The number of phosphoric ester groups is 1. The Morgan fingerprint density at radius 2 is 1.40 bits per heavy atom. The zero-order valence-electron chi connectivity index (χ0n) is 23.4. The van der Waals surface area contributed by atoms with Crippen molar-refractivity contribution in [1.29, 1.82) is 0 Å². The van der Waals surface area contributed by atoms with Crippen molar-refractivity contribution in [3.05, 3.63) is 0 Å². The second-order valence-corrected chi connectivity index (χ2v) is 12.6. The maximum atomic E-state index is 12.3. The molecule has 1 aliphatic heterocycles. The molecule has 8 heteroatoms. The van der Waals surface area contributed by atoms with Gasteiger partial charge in [-0.05, 0) is 19.3 Å². The highest BCUT2D eigenvalue weighted by Gasteiger charge is 2.35. The summed E-state index contributed by atoms with van der Waals surface area (Å²) in [6, 6.07) is 0. The zero-order valence-corrected chi connectivity index (χ0v) is 24.3. The third-order valence-electron chi connectivity index (χ3n) is 6.59. The van der Waals surface area contributed by atoms with E-state index in [1.807, 2.05) is 21.1 Å². The molecule has 210 valence electrons. The summed E-state index contributed by atoms with van der Waals surface area (Å²) in [6.45, 7) is 4.79. The van der Waals surface area contributed by atoms with Crippen LogP contribution in [0.3, 0.4) is 0 Å². The maximum Gasteiger partial charge on any atom is 0.472 e. The molecule has 1 unspecified atom stereocenters. The Hall–Kier alpha value is -0.0100. The van der Waals surface area contributed by atoms with E-state index in [4.69, 9.17) is 18.5 Å². The lowest BCUT2D eigenvalue weighted by molar-refractivity contribution is -0.870. The summed E-state index contributed by atoms with van der Waals surface area (Å²) in [7, 11) is 1.91. The molecule has 0 radical (unpaired) electrons. The van der Waals surface area contributed by atoms with E-state index in [0.717, 1.165) is 12.8 Å². The predicted octanol–water partition coefficient (Wildman–Crippen LogP) is 6.87. The number of ether oxygens (including phenoxy) is 2. The largest absolute Gasteiger partial charge is 0.472 e. The van der Waals surface area contributed by atoms with Gasteiger partial charge < -0.3 is 18.9 Å². The monoisotopic (exact) mass is 522 g/mol. The van der Waals surface area contributed by atoms with Gasteiger partial charge in [0.05, 0.1) is 33.9 Å². The van der Waals surface area contributed by atoms with Crippen molar-refractivity contribution in [3.8, 4) is 0 Å². The van der Waals surface area contributed by atoms with Gasteiger partial charge in [-0.25, -0.2) is 4.57 Å². The third-order valence-corrected chi connectivity index (χ3v) is 7.64. The lowest BCUT2D eigenvalue weighted by atomic mass is 10.0. The van der Waals surface area contributed by atoms with Gasteiger partial charge in [0, 0.05) is 13.2 Å². The molecule has 1 N–H and O–H groups in total. The molecule has 1 fully saturated rings. The van der Waals surface area contributed by atoms with Crippen molar-refractivity contribution in [2.24, 2.45) is 0 Å². The molecule has 0 bridgehead atoms. The van der Waals surface area contributed by atoms with E-state index in [0.29, 0.717) is 37.3 Å². The van der Waals surface area contributed by atoms with Crippen LogP contribution >= 0.6 is 7.82 Å². The fraction of sp³-hybridized carbons (Fsp3) is 1.00. The number of hydrogen-bond donors (Lipinski definition) is 1. The fourth-order valence-corrected chi connectivity index (χ4v) is 5.27. The van der Waals surface area contributed by atoms with E-state index < -0.39 is 13.9 Å². The molecule has 3 atom stereocenters. The topological polar surface area (TPSA) is 74.2 Å². The van der Waals surface area contributed by atoms with Crippen LogP contribution in [0.25, 0.3) is 0 Å². The first-order valence-corrected chi connectivity index (χ1v) is 15.9. The van der Waals surface area contributed by atoms with Gasteiger partial charge in [-0.1, -0.05) is 90.4 Å². The summed E-state index contributed by atoms with van der Waals surface area (Å²) < 4.78 is 35.2. The summed E-state index contributed by atoms with van der Waals surface area (Å²) in [6.07, 6.45) is 19.4. The predicted molar refractivity (Wildman–Crippen MR) is 144 cm³/mol. The van der Waals surface area contributed by atoms with Crippen LogP contribution in [0, 0.1) is 0 Å². The molecule has 1 aliphatic rings. The van der Waals surface area contributed by atoms with Crippen LogP contribution < -0.4 is 0 Å². The summed E-state index contributed by atoms with van der Waals surface area (Å²) in [5.74, 6) is 0. The first kappa shape index (κ1) is 33.0. The smallest absolute Gasteiger partial charge is 0.379 e. The van der Waals surface area contributed by atoms with Crippen LogP contribution in [-0.4, -0.2) is 75.7 Å². The molecule has 0 aromatic carbocycles. The lowest BCUT2D eigenvalue weighted by Crippen LogP contribution is -2.39. The Labute approximate surface area is 216 Å². The fourth-order valence-electron chi connectivity index (χ4n) is 4.32. The SMILES string of the molecule is CCCCCCCCCCCCCCCCOC[C@@H]1OCCC[C@@H]1OP(=O)(O)OCC[N+](C)(C)C. The number of quaternary nitrogens is 1. The van der Waals surface area contributed by atoms with E-state index in [9.17, 15) is 9.46 Å². The molecular formula is C27H57NO6P+. The lowest BCUT2D eigenvalue weighted by Gasteiger charge is -2.32. The molecule has 0 spiro atoms. The summed E-state index contributed by atoms with van der Waals surface area (Å²) in [5.41, 5.74) is 0. The highest BCUT2D eigenvalue weighted by atomic mass is 31.2. The molecule has 1 heterocycles. The standard InChI is InChI=1S/C27H56NO6P/c1-5-6-7-8-9-10-11-12-13-14-15-16-17-18-22-31-25-27-26(20-19-23-32-27)34-35(29,30)33-24-21-28(2,3)4/h26-27H,5-25H2,1-4H3/p+1/t26-,27-/m0/s1. The number of phosphoric acid groups is 1. The van der Waals surface area contributed by atoms with Gasteiger partial charge in [-0.2, -0.15) is 0 Å². The average Bonchev–Trinajstić information content (AvgIpc) is 2.78. The third kappa shape index (κ3) is 19.7. The Bertz CT molecular complexity index is 542. The number of unbranched alkanes of at least 4 members (excludes halogenated alkanes) is 13. The van der Waals surface area contributed by atoms with Crippen molar-refractivity contribution < 1.29 is 32.5 Å². The molecule has 7 nitrogen and oxygen atoms in total. The first-order valence-electron chi connectivity index (χ1n) is 14.4. The van der Waals surface area contributed by atoms with Crippen LogP contribution in [0.4, 0.5) is 0 Å². The zero-order chi connectivity index (χ0) is 25.8. The van der Waals surface area contributed by atoms with E-state index in [2.05, 4.69) is 6.92 Å². The van der Waals surface area contributed by atoms with Crippen molar-refractivity contribution >= 4 is 7.82 Å². The Kier molecular flexibility index (Phi) is 18.9. The number of rotatable bonds is 23. The summed E-state index contributed by atoms with van der Waals surface area (Å²) in [4.78, 5) is 10.1. The van der Waals surface area contributed by atoms with Crippen molar-refractivity contribution in [1.82, 2.24) is 0 Å². The first-order chi connectivity index (χ1) is 16.7. The molecule has 0 saturated carbocycles.